The molecule has 2 rings (SSSR count). The van der Waals surface area contributed by atoms with Crippen molar-refractivity contribution < 1.29 is 4.74 Å². The first-order valence-electron chi connectivity index (χ1n) is 8.39. The molecule has 0 radical (unpaired) electrons. The average Bonchev–Trinajstić information content (AvgIpc) is 2.62. The van der Waals surface area contributed by atoms with Crippen LogP contribution in [0.3, 0.4) is 0 Å². The van der Waals surface area contributed by atoms with E-state index in [-0.39, 0.29) is 0 Å². The number of benzene rings is 2. The Morgan fingerprint density at radius 3 is 2.39 bits per heavy atom. The molecule has 2 aromatic rings. The quantitative estimate of drug-likeness (QED) is 0.551. The fourth-order valence-corrected chi connectivity index (χ4v) is 2.52. The minimum atomic E-state index is 0.334. The molecule has 1 heteroatoms. The van der Waals surface area contributed by atoms with Crippen LogP contribution in [-0.4, -0.2) is 7.11 Å². The third kappa shape index (κ3) is 5.16. The molecule has 0 aliphatic carbocycles. The van der Waals surface area contributed by atoms with Gasteiger partial charge < -0.3 is 4.74 Å². The molecule has 0 bridgehead atoms. The Labute approximate surface area is 140 Å². The van der Waals surface area contributed by atoms with Crippen molar-refractivity contribution in [3.05, 3.63) is 77.5 Å². The minimum Gasteiger partial charge on any atom is -0.497 e. The largest absolute Gasteiger partial charge is 0.497 e. The molecule has 1 unspecified atom stereocenters. The van der Waals surface area contributed by atoms with Crippen LogP contribution in [0.25, 0.3) is 5.57 Å². The molecule has 0 heterocycles. The summed E-state index contributed by atoms with van der Waals surface area (Å²) >= 11 is 0. The molecule has 0 aromatic heterocycles. The highest BCUT2D eigenvalue weighted by molar-refractivity contribution is 5.64. The van der Waals surface area contributed by atoms with Crippen LogP contribution >= 0.6 is 0 Å². The molecule has 1 atom stereocenters. The monoisotopic (exact) mass is 306 g/mol. The van der Waals surface area contributed by atoms with E-state index in [0.29, 0.717) is 5.92 Å². The van der Waals surface area contributed by atoms with Crippen molar-refractivity contribution in [1.82, 2.24) is 0 Å². The second-order valence-corrected chi connectivity index (χ2v) is 5.82. The van der Waals surface area contributed by atoms with E-state index in [4.69, 9.17) is 4.74 Å². The lowest BCUT2D eigenvalue weighted by Gasteiger charge is -2.08. The second-order valence-electron chi connectivity index (χ2n) is 5.82. The number of unbranched alkanes of at least 4 members (excludes halogenated alkanes) is 1. The SMILES string of the molecule is CCCCC(=C=CC(C)c1ccc(OC)cc1)c1ccccc1. The van der Waals surface area contributed by atoms with Crippen molar-refractivity contribution in [3.8, 4) is 5.75 Å². The maximum Gasteiger partial charge on any atom is 0.118 e. The molecular weight excluding hydrogens is 280 g/mol. The van der Waals surface area contributed by atoms with E-state index in [9.17, 15) is 0 Å². The number of ether oxygens (including phenoxy) is 1. The van der Waals surface area contributed by atoms with Crippen molar-refractivity contribution >= 4 is 5.57 Å². The standard InChI is InChI=1S/C22H26O/c1-4-5-9-21(20-10-7-6-8-11-20)13-12-18(2)19-14-16-22(23-3)17-15-19/h6-8,10-12,14-18H,4-5,9H2,1-3H3. The lowest BCUT2D eigenvalue weighted by Crippen LogP contribution is -1.90. The Morgan fingerprint density at radius 1 is 1.09 bits per heavy atom. The lowest BCUT2D eigenvalue weighted by atomic mass is 9.98. The summed E-state index contributed by atoms with van der Waals surface area (Å²) in [4.78, 5) is 0. The predicted octanol–water partition coefficient (Wildman–Crippen LogP) is 6.23. The molecule has 0 fully saturated rings. The molecule has 23 heavy (non-hydrogen) atoms. The highest BCUT2D eigenvalue weighted by Gasteiger charge is 2.03. The zero-order chi connectivity index (χ0) is 16.5. The summed E-state index contributed by atoms with van der Waals surface area (Å²) in [5, 5.41) is 0. The second kappa shape index (κ2) is 9.02. The molecule has 0 spiro atoms. The van der Waals surface area contributed by atoms with Crippen LogP contribution in [0, 0.1) is 0 Å². The van der Waals surface area contributed by atoms with E-state index >= 15 is 0 Å². The maximum atomic E-state index is 5.22. The fraction of sp³-hybridized carbons (Fsp3) is 0.318. The van der Waals surface area contributed by atoms with Crippen LogP contribution in [0.2, 0.25) is 0 Å². The Morgan fingerprint density at radius 2 is 1.78 bits per heavy atom. The van der Waals surface area contributed by atoms with Crippen LogP contribution in [0.15, 0.2) is 66.4 Å². The van der Waals surface area contributed by atoms with E-state index < -0.39 is 0 Å². The van der Waals surface area contributed by atoms with Crippen molar-refractivity contribution in [2.24, 2.45) is 0 Å². The van der Waals surface area contributed by atoms with Gasteiger partial charge in [0, 0.05) is 11.5 Å². The van der Waals surface area contributed by atoms with Crippen molar-refractivity contribution in [3.63, 3.8) is 0 Å². The van der Waals surface area contributed by atoms with Gasteiger partial charge in [-0.15, -0.1) is 5.73 Å². The van der Waals surface area contributed by atoms with Gasteiger partial charge in [0.05, 0.1) is 7.11 Å². The number of rotatable bonds is 7. The molecule has 0 N–H and O–H groups in total. The van der Waals surface area contributed by atoms with E-state index in [2.05, 4.69) is 68.1 Å². The summed E-state index contributed by atoms with van der Waals surface area (Å²) in [6.07, 6.45) is 5.65. The molecule has 0 saturated carbocycles. The van der Waals surface area contributed by atoms with E-state index in [1.165, 1.54) is 29.5 Å². The van der Waals surface area contributed by atoms with E-state index in [0.717, 1.165) is 12.2 Å². The van der Waals surface area contributed by atoms with Gasteiger partial charge in [-0.1, -0.05) is 62.7 Å². The van der Waals surface area contributed by atoms with Crippen molar-refractivity contribution in [2.45, 2.75) is 39.0 Å². The van der Waals surface area contributed by atoms with Gasteiger partial charge in [-0.25, -0.2) is 0 Å². The summed E-state index contributed by atoms with van der Waals surface area (Å²) in [7, 11) is 1.70. The molecule has 120 valence electrons. The van der Waals surface area contributed by atoms with Gasteiger partial charge in [0.25, 0.3) is 0 Å². The minimum absolute atomic E-state index is 0.334. The molecular formula is C22H26O. The molecule has 0 aliphatic heterocycles. The van der Waals surface area contributed by atoms with Crippen LogP contribution in [-0.2, 0) is 0 Å². The Kier molecular flexibility index (Phi) is 6.72. The van der Waals surface area contributed by atoms with Crippen molar-refractivity contribution in [2.75, 3.05) is 7.11 Å². The first-order chi connectivity index (χ1) is 11.2. The fourth-order valence-electron chi connectivity index (χ4n) is 2.52. The van der Waals surface area contributed by atoms with Gasteiger partial charge in [-0.2, -0.15) is 0 Å². The smallest absolute Gasteiger partial charge is 0.118 e. The number of hydrogen-bond acceptors (Lipinski definition) is 1. The van der Waals surface area contributed by atoms with Crippen LogP contribution in [0.1, 0.15) is 50.2 Å². The molecule has 1 nitrogen and oxygen atoms in total. The summed E-state index contributed by atoms with van der Waals surface area (Å²) in [5.74, 6) is 1.23. The molecule has 0 saturated heterocycles. The van der Waals surface area contributed by atoms with Crippen LogP contribution in [0.4, 0.5) is 0 Å². The predicted molar refractivity (Wildman–Crippen MR) is 98.9 cm³/mol. The highest BCUT2D eigenvalue weighted by atomic mass is 16.5. The summed E-state index contributed by atoms with van der Waals surface area (Å²) < 4.78 is 5.22. The van der Waals surface area contributed by atoms with E-state index in [1.54, 1.807) is 7.11 Å². The first kappa shape index (κ1) is 17.1. The summed E-state index contributed by atoms with van der Waals surface area (Å²) in [6.45, 7) is 4.43. The van der Waals surface area contributed by atoms with Gasteiger partial charge in [-0.05, 0) is 42.2 Å². The number of allylic oxidation sites excluding steroid dienone is 1. The third-order valence-electron chi connectivity index (χ3n) is 4.05. The molecule has 0 aliphatic rings. The number of methoxy groups -OCH3 is 1. The molecule has 0 amide bonds. The van der Waals surface area contributed by atoms with Gasteiger partial charge in [0.2, 0.25) is 0 Å². The first-order valence-corrected chi connectivity index (χ1v) is 8.39. The van der Waals surface area contributed by atoms with Gasteiger partial charge in [0.15, 0.2) is 0 Å². The highest BCUT2D eigenvalue weighted by Crippen LogP contribution is 2.23. The van der Waals surface area contributed by atoms with Gasteiger partial charge in [0.1, 0.15) is 5.75 Å². The van der Waals surface area contributed by atoms with Crippen molar-refractivity contribution in [1.29, 1.82) is 0 Å². The summed E-state index contributed by atoms with van der Waals surface area (Å²) in [6, 6.07) is 18.9. The average molecular weight is 306 g/mol. The molecule has 2 aromatic carbocycles. The topological polar surface area (TPSA) is 9.23 Å². The van der Waals surface area contributed by atoms with Gasteiger partial charge in [-0.3, -0.25) is 0 Å². The zero-order valence-corrected chi connectivity index (χ0v) is 14.4. The third-order valence-corrected chi connectivity index (χ3v) is 4.05. The number of hydrogen-bond donors (Lipinski definition) is 0. The summed E-state index contributed by atoms with van der Waals surface area (Å²) in [5.41, 5.74) is 7.41. The van der Waals surface area contributed by atoms with E-state index in [1.807, 2.05) is 12.1 Å². The van der Waals surface area contributed by atoms with Gasteiger partial charge >= 0.3 is 0 Å². The van der Waals surface area contributed by atoms with Crippen LogP contribution < -0.4 is 4.74 Å². The zero-order valence-electron chi connectivity index (χ0n) is 14.4. The maximum absolute atomic E-state index is 5.22. The Bertz CT molecular complexity index is 646. The normalized spacial score (nSPS) is 11.4. The van der Waals surface area contributed by atoms with Crippen LogP contribution in [0.5, 0.6) is 5.75 Å². The Balaban J connectivity index is 2.23. The Hall–Kier alpha value is -2.24. The lowest BCUT2D eigenvalue weighted by molar-refractivity contribution is 0.414.